The SMILES string of the molecule is Cn1nccc1CCC(=O)N1CCC2(CC1)CC(O)CN(CC1CC1)C2=O. The van der Waals surface area contributed by atoms with Crippen molar-refractivity contribution in [3.8, 4) is 0 Å². The molecule has 2 saturated heterocycles. The Morgan fingerprint density at radius 2 is 2.07 bits per heavy atom. The molecule has 0 aromatic carbocycles. The van der Waals surface area contributed by atoms with Crippen molar-refractivity contribution in [1.82, 2.24) is 19.6 Å². The van der Waals surface area contributed by atoms with Gasteiger partial charge in [0.05, 0.1) is 11.5 Å². The second-order valence-electron chi connectivity index (χ2n) is 8.62. The molecule has 148 valence electrons. The van der Waals surface area contributed by atoms with Crippen LogP contribution >= 0.6 is 0 Å². The number of carbonyl (C=O) groups is 2. The summed E-state index contributed by atoms with van der Waals surface area (Å²) in [6, 6.07) is 1.94. The van der Waals surface area contributed by atoms with Crippen molar-refractivity contribution in [2.24, 2.45) is 18.4 Å². The molecule has 1 saturated carbocycles. The first-order valence-electron chi connectivity index (χ1n) is 10.2. The monoisotopic (exact) mass is 374 g/mol. The highest BCUT2D eigenvalue weighted by atomic mass is 16.3. The van der Waals surface area contributed by atoms with E-state index in [9.17, 15) is 14.7 Å². The van der Waals surface area contributed by atoms with Gasteiger partial charge < -0.3 is 14.9 Å². The van der Waals surface area contributed by atoms with Crippen molar-refractivity contribution in [2.45, 2.75) is 51.0 Å². The minimum Gasteiger partial charge on any atom is -0.391 e. The molecule has 1 N–H and O–H groups in total. The number of nitrogens with zero attached hydrogens (tertiary/aromatic N) is 4. The molecule has 3 fully saturated rings. The lowest BCUT2D eigenvalue weighted by Gasteiger charge is -2.48. The van der Waals surface area contributed by atoms with Crippen LogP contribution in [0.25, 0.3) is 0 Å². The van der Waals surface area contributed by atoms with E-state index in [1.54, 1.807) is 10.9 Å². The van der Waals surface area contributed by atoms with Gasteiger partial charge in [0.15, 0.2) is 0 Å². The van der Waals surface area contributed by atoms with Gasteiger partial charge in [-0.15, -0.1) is 0 Å². The number of hydrogen-bond donors (Lipinski definition) is 1. The van der Waals surface area contributed by atoms with Gasteiger partial charge in [-0.05, 0) is 50.5 Å². The first-order chi connectivity index (χ1) is 13.0. The smallest absolute Gasteiger partial charge is 0.229 e. The van der Waals surface area contributed by atoms with Crippen LogP contribution in [0.3, 0.4) is 0 Å². The fraction of sp³-hybridized carbons (Fsp3) is 0.750. The molecule has 27 heavy (non-hydrogen) atoms. The van der Waals surface area contributed by atoms with Crippen molar-refractivity contribution in [3.63, 3.8) is 0 Å². The van der Waals surface area contributed by atoms with Crippen molar-refractivity contribution >= 4 is 11.8 Å². The average Bonchev–Trinajstić information content (AvgIpc) is 3.37. The number of aryl methyl sites for hydroxylation is 2. The van der Waals surface area contributed by atoms with E-state index in [4.69, 9.17) is 0 Å². The van der Waals surface area contributed by atoms with Crippen LogP contribution in [-0.4, -0.2) is 68.8 Å². The molecule has 2 aliphatic heterocycles. The van der Waals surface area contributed by atoms with Crippen molar-refractivity contribution in [2.75, 3.05) is 26.2 Å². The zero-order valence-electron chi connectivity index (χ0n) is 16.1. The van der Waals surface area contributed by atoms with Crippen molar-refractivity contribution < 1.29 is 14.7 Å². The van der Waals surface area contributed by atoms with E-state index >= 15 is 0 Å². The molecule has 1 aromatic heterocycles. The third kappa shape index (κ3) is 3.88. The van der Waals surface area contributed by atoms with Gasteiger partial charge in [-0.1, -0.05) is 0 Å². The second kappa shape index (κ2) is 7.26. The molecule has 7 nitrogen and oxygen atoms in total. The summed E-state index contributed by atoms with van der Waals surface area (Å²) in [7, 11) is 1.89. The molecule has 1 aliphatic carbocycles. The van der Waals surface area contributed by atoms with Gasteiger partial charge in [-0.3, -0.25) is 14.3 Å². The van der Waals surface area contributed by atoms with Crippen LogP contribution in [0.1, 0.15) is 44.2 Å². The highest BCUT2D eigenvalue weighted by Crippen LogP contribution is 2.42. The van der Waals surface area contributed by atoms with E-state index in [1.165, 1.54) is 12.8 Å². The fourth-order valence-corrected chi connectivity index (χ4v) is 4.69. The molecule has 3 heterocycles. The zero-order valence-corrected chi connectivity index (χ0v) is 16.1. The predicted molar refractivity (Wildman–Crippen MR) is 99.7 cm³/mol. The summed E-state index contributed by atoms with van der Waals surface area (Å²) in [6.45, 7) is 2.50. The molecule has 1 spiro atoms. The van der Waals surface area contributed by atoms with Crippen LogP contribution in [0.2, 0.25) is 0 Å². The van der Waals surface area contributed by atoms with Crippen molar-refractivity contribution in [3.05, 3.63) is 18.0 Å². The standard InChI is InChI=1S/C20H30N4O3/c1-22-16(6-9-21-22)4-5-18(26)23-10-7-20(8-11-23)12-17(25)14-24(19(20)27)13-15-2-3-15/h6,9,15,17,25H,2-5,7-8,10-14H2,1H3. The number of piperidine rings is 2. The Labute approximate surface area is 160 Å². The van der Waals surface area contributed by atoms with Crippen LogP contribution in [0.4, 0.5) is 0 Å². The highest BCUT2D eigenvalue weighted by Gasteiger charge is 2.49. The molecule has 1 atom stereocenters. The number of hydrogen-bond acceptors (Lipinski definition) is 4. The number of aromatic nitrogens is 2. The molecule has 2 amide bonds. The summed E-state index contributed by atoms with van der Waals surface area (Å²) in [6.07, 6.45) is 6.75. The number of carbonyl (C=O) groups excluding carboxylic acids is 2. The third-order valence-corrected chi connectivity index (χ3v) is 6.56. The number of aliphatic hydroxyl groups is 1. The Balaban J connectivity index is 1.33. The van der Waals surface area contributed by atoms with Crippen LogP contribution in [0.5, 0.6) is 0 Å². The molecule has 7 heteroatoms. The Kier molecular flexibility index (Phi) is 4.97. The Morgan fingerprint density at radius 3 is 2.70 bits per heavy atom. The topological polar surface area (TPSA) is 78.7 Å². The first-order valence-corrected chi connectivity index (χ1v) is 10.2. The van der Waals surface area contributed by atoms with Crippen LogP contribution in [-0.2, 0) is 23.1 Å². The Morgan fingerprint density at radius 1 is 1.33 bits per heavy atom. The first kappa shape index (κ1) is 18.5. The van der Waals surface area contributed by atoms with Crippen LogP contribution in [0.15, 0.2) is 12.3 Å². The predicted octanol–water partition coefficient (Wildman–Crippen LogP) is 0.965. The maximum atomic E-state index is 13.1. The molecule has 4 rings (SSSR count). The minimum atomic E-state index is -0.467. The lowest BCUT2D eigenvalue weighted by molar-refractivity contribution is -0.159. The van der Waals surface area contributed by atoms with E-state index in [0.717, 1.165) is 12.2 Å². The number of β-amino-alcohol motifs (C(OH)–C–C–N with tert-alkyl or cyclic N) is 1. The van der Waals surface area contributed by atoms with Gasteiger partial charge in [-0.25, -0.2) is 0 Å². The molecular weight excluding hydrogens is 344 g/mol. The van der Waals surface area contributed by atoms with Crippen LogP contribution < -0.4 is 0 Å². The third-order valence-electron chi connectivity index (χ3n) is 6.56. The Bertz CT molecular complexity index is 702. The summed E-state index contributed by atoms with van der Waals surface area (Å²) in [4.78, 5) is 29.5. The quantitative estimate of drug-likeness (QED) is 0.833. The maximum absolute atomic E-state index is 13.1. The molecule has 3 aliphatic rings. The van der Waals surface area contributed by atoms with Gasteiger partial charge in [0.1, 0.15) is 0 Å². The average molecular weight is 374 g/mol. The Hall–Kier alpha value is -1.89. The van der Waals surface area contributed by atoms with E-state index in [1.807, 2.05) is 22.9 Å². The highest BCUT2D eigenvalue weighted by molar-refractivity contribution is 5.84. The van der Waals surface area contributed by atoms with E-state index < -0.39 is 11.5 Å². The largest absolute Gasteiger partial charge is 0.391 e. The molecule has 0 radical (unpaired) electrons. The summed E-state index contributed by atoms with van der Waals surface area (Å²) >= 11 is 0. The fourth-order valence-electron chi connectivity index (χ4n) is 4.69. The molecule has 1 aromatic rings. The van der Waals surface area contributed by atoms with Gasteiger partial charge in [0, 0.05) is 51.5 Å². The lowest BCUT2D eigenvalue weighted by Crippen LogP contribution is -2.58. The molecule has 0 bridgehead atoms. The molecule has 1 unspecified atom stereocenters. The number of rotatable bonds is 5. The molecular formula is C20H30N4O3. The van der Waals surface area contributed by atoms with Gasteiger partial charge in [-0.2, -0.15) is 5.10 Å². The minimum absolute atomic E-state index is 0.143. The second-order valence-corrected chi connectivity index (χ2v) is 8.62. The van der Waals surface area contributed by atoms with Gasteiger partial charge in [0.2, 0.25) is 11.8 Å². The zero-order chi connectivity index (χ0) is 19.0. The lowest BCUT2D eigenvalue weighted by atomic mass is 9.70. The van der Waals surface area contributed by atoms with Gasteiger partial charge >= 0.3 is 0 Å². The number of aliphatic hydroxyl groups excluding tert-OH is 1. The summed E-state index contributed by atoms with van der Waals surface area (Å²) in [5, 5.41) is 14.5. The normalized spacial score (nSPS) is 25.3. The summed E-state index contributed by atoms with van der Waals surface area (Å²) < 4.78 is 1.80. The van der Waals surface area contributed by atoms with E-state index in [0.29, 0.717) is 57.7 Å². The van der Waals surface area contributed by atoms with Gasteiger partial charge in [0.25, 0.3) is 0 Å². The maximum Gasteiger partial charge on any atom is 0.229 e. The van der Waals surface area contributed by atoms with E-state index in [-0.39, 0.29) is 11.8 Å². The summed E-state index contributed by atoms with van der Waals surface area (Å²) in [5.41, 5.74) is 0.587. The summed E-state index contributed by atoms with van der Waals surface area (Å²) in [5.74, 6) is 0.983. The van der Waals surface area contributed by atoms with Crippen LogP contribution in [0, 0.1) is 11.3 Å². The van der Waals surface area contributed by atoms with Crippen molar-refractivity contribution in [1.29, 1.82) is 0 Å². The number of amides is 2. The number of likely N-dealkylation sites (tertiary alicyclic amines) is 2. The van der Waals surface area contributed by atoms with E-state index in [2.05, 4.69) is 5.10 Å².